The number of hydrogen-bond acceptors (Lipinski definition) is 3. The van der Waals surface area contributed by atoms with Gasteiger partial charge in [-0.1, -0.05) is 36.8 Å². The Morgan fingerprint density at radius 1 is 1.21 bits per heavy atom. The summed E-state index contributed by atoms with van der Waals surface area (Å²) in [6.45, 7) is 6.00. The van der Waals surface area contributed by atoms with E-state index in [1.165, 1.54) is 5.56 Å². The highest BCUT2D eigenvalue weighted by molar-refractivity contribution is 5.97. The maximum Gasteiger partial charge on any atom is 0.265 e. The lowest BCUT2D eigenvalue weighted by Crippen LogP contribution is -2.42. The molecule has 0 spiro atoms. The molecule has 1 atom stereocenters. The van der Waals surface area contributed by atoms with Crippen LogP contribution in [0.1, 0.15) is 41.3 Å². The van der Waals surface area contributed by atoms with Crippen molar-refractivity contribution in [3.63, 3.8) is 0 Å². The maximum absolute atomic E-state index is 13.3. The predicted molar refractivity (Wildman–Crippen MR) is 111 cm³/mol. The van der Waals surface area contributed by atoms with Crippen LogP contribution >= 0.6 is 0 Å². The Morgan fingerprint density at radius 2 is 2.00 bits per heavy atom. The Bertz CT molecular complexity index is 1070. The van der Waals surface area contributed by atoms with Crippen molar-refractivity contribution < 1.29 is 4.79 Å². The van der Waals surface area contributed by atoms with Crippen LogP contribution in [-0.4, -0.2) is 33.4 Å². The molecule has 1 saturated heterocycles. The molecule has 0 bridgehead atoms. The zero-order valence-electron chi connectivity index (χ0n) is 16.4. The molecule has 0 N–H and O–H groups in total. The van der Waals surface area contributed by atoms with Gasteiger partial charge in [-0.2, -0.15) is 0 Å². The van der Waals surface area contributed by atoms with Gasteiger partial charge in [0.15, 0.2) is 0 Å². The fraction of sp³-hybridized carbons (Fsp3) is 0.348. The molecule has 1 amide bonds. The quantitative estimate of drug-likeness (QED) is 0.702. The van der Waals surface area contributed by atoms with Crippen LogP contribution in [0.5, 0.6) is 0 Å². The number of benzene rings is 1. The van der Waals surface area contributed by atoms with E-state index in [1.807, 2.05) is 48.2 Å². The molecule has 1 aromatic carbocycles. The minimum Gasteiger partial charge on any atom is -0.338 e. The first-order chi connectivity index (χ1) is 13.5. The molecule has 2 aromatic heterocycles. The molecular weight excluding hydrogens is 350 g/mol. The zero-order chi connectivity index (χ0) is 19.7. The van der Waals surface area contributed by atoms with E-state index in [0.29, 0.717) is 31.2 Å². The molecule has 3 aromatic rings. The van der Waals surface area contributed by atoms with Crippen LogP contribution in [0.25, 0.3) is 11.0 Å². The van der Waals surface area contributed by atoms with Crippen LogP contribution in [-0.2, 0) is 6.54 Å². The number of piperidine rings is 1. The molecule has 1 aliphatic heterocycles. The van der Waals surface area contributed by atoms with Crippen LogP contribution in [0.3, 0.4) is 0 Å². The van der Waals surface area contributed by atoms with Crippen molar-refractivity contribution in [2.75, 3.05) is 13.1 Å². The molecule has 5 heteroatoms. The summed E-state index contributed by atoms with van der Waals surface area (Å²) >= 11 is 0. The van der Waals surface area contributed by atoms with Gasteiger partial charge < -0.3 is 4.90 Å². The monoisotopic (exact) mass is 375 g/mol. The van der Waals surface area contributed by atoms with Gasteiger partial charge in [-0.15, -0.1) is 0 Å². The first-order valence-corrected chi connectivity index (χ1v) is 9.86. The number of aromatic nitrogens is 2. The van der Waals surface area contributed by atoms with Crippen molar-refractivity contribution in [1.82, 2.24) is 14.5 Å². The van der Waals surface area contributed by atoms with Gasteiger partial charge in [0.25, 0.3) is 11.5 Å². The van der Waals surface area contributed by atoms with Crippen LogP contribution in [0.15, 0.2) is 53.5 Å². The molecule has 144 valence electrons. The van der Waals surface area contributed by atoms with Gasteiger partial charge in [-0.25, -0.2) is 4.98 Å². The Kier molecular flexibility index (Phi) is 4.99. The van der Waals surface area contributed by atoms with Crippen molar-refractivity contribution in [1.29, 1.82) is 0 Å². The summed E-state index contributed by atoms with van der Waals surface area (Å²) in [6, 6.07) is 13.5. The fourth-order valence-electron chi connectivity index (χ4n) is 3.93. The van der Waals surface area contributed by atoms with Crippen molar-refractivity contribution >= 4 is 16.9 Å². The number of pyridine rings is 2. The minimum atomic E-state index is -0.269. The second-order valence-electron chi connectivity index (χ2n) is 7.85. The first-order valence-electron chi connectivity index (χ1n) is 9.86. The van der Waals surface area contributed by atoms with E-state index in [4.69, 9.17) is 0 Å². The van der Waals surface area contributed by atoms with Crippen LogP contribution in [0, 0.1) is 12.8 Å². The standard InChI is InChI=1S/C23H25N3O2/c1-16-7-9-18(10-8-16)15-26-21-19(6-3-11-24-21)13-20(23(26)28)22(27)25-12-4-5-17(2)14-25/h3,6-11,13,17H,4-5,12,14-15H2,1-2H3/t17-/m0/s1. The fourth-order valence-corrected chi connectivity index (χ4v) is 3.93. The Balaban J connectivity index is 1.79. The van der Waals surface area contributed by atoms with E-state index in [9.17, 15) is 9.59 Å². The average Bonchev–Trinajstić information content (AvgIpc) is 2.71. The lowest BCUT2D eigenvalue weighted by Gasteiger charge is -2.31. The van der Waals surface area contributed by atoms with Gasteiger partial charge in [-0.3, -0.25) is 14.2 Å². The molecule has 0 radical (unpaired) electrons. The van der Waals surface area contributed by atoms with Crippen molar-refractivity contribution in [3.05, 3.63) is 75.7 Å². The SMILES string of the molecule is Cc1ccc(Cn2c(=O)c(C(=O)N3CCC[C@H](C)C3)cc3cccnc32)cc1. The Hall–Kier alpha value is -2.95. The highest BCUT2D eigenvalue weighted by Crippen LogP contribution is 2.19. The highest BCUT2D eigenvalue weighted by atomic mass is 16.2. The second-order valence-corrected chi connectivity index (χ2v) is 7.85. The van der Waals surface area contributed by atoms with Crippen molar-refractivity contribution in [3.8, 4) is 0 Å². The summed E-state index contributed by atoms with van der Waals surface area (Å²) < 4.78 is 1.63. The topological polar surface area (TPSA) is 55.2 Å². The van der Waals surface area contributed by atoms with Gasteiger partial charge in [-0.05, 0) is 49.4 Å². The summed E-state index contributed by atoms with van der Waals surface area (Å²) in [5, 5.41) is 0.808. The number of amides is 1. The molecule has 28 heavy (non-hydrogen) atoms. The summed E-state index contributed by atoms with van der Waals surface area (Å²) in [4.78, 5) is 32.7. The van der Waals surface area contributed by atoms with Gasteiger partial charge in [0.05, 0.1) is 6.54 Å². The summed E-state index contributed by atoms with van der Waals surface area (Å²) in [7, 11) is 0. The first kappa shape index (κ1) is 18.4. The molecule has 0 aliphatic carbocycles. The number of carbonyl (C=O) groups excluding carboxylic acids is 1. The summed E-state index contributed by atoms with van der Waals surface area (Å²) in [6.07, 6.45) is 3.80. The second kappa shape index (κ2) is 7.58. The number of carbonyl (C=O) groups is 1. The third-order valence-electron chi connectivity index (χ3n) is 5.48. The normalized spacial score (nSPS) is 17.1. The number of rotatable bonds is 3. The van der Waals surface area contributed by atoms with E-state index < -0.39 is 0 Å². The van der Waals surface area contributed by atoms with Crippen LogP contribution in [0.2, 0.25) is 0 Å². The molecule has 5 nitrogen and oxygen atoms in total. The molecule has 1 fully saturated rings. The number of fused-ring (bicyclic) bond motifs is 1. The minimum absolute atomic E-state index is 0.167. The third-order valence-corrected chi connectivity index (χ3v) is 5.48. The summed E-state index contributed by atoms with van der Waals surface area (Å²) in [5.74, 6) is 0.301. The average molecular weight is 375 g/mol. The van der Waals surface area contributed by atoms with Gasteiger partial charge in [0.2, 0.25) is 0 Å². The highest BCUT2D eigenvalue weighted by Gasteiger charge is 2.25. The number of nitrogens with zero attached hydrogens (tertiary/aromatic N) is 3. The lowest BCUT2D eigenvalue weighted by atomic mass is 9.99. The number of aryl methyl sites for hydroxylation is 1. The van der Waals surface area contributed by atoms with E-state index in [-0.39, 0.29) is 17.0 Å². The Morgan fingerprint density at radius 3 is 2.75 bits per heavy atom. The van der Waals surface area contributed by atoms with E-state index >= 15 is 0 Å². The van der Waals surface area contributed by atoms with E-state index in [1.54, 1.807) is 16.8 Å². The van der Waals surface area contributed by atoms with Gasteiger partial charge in [0.1, 0.15) is 11.2 Å². The molecule has 0 unspecified atom stereocenters. The van der Waals surface area contributed by atoms with Crippen LogP contribution in [0.4, 0.5) is 0 Å². The molecular formula is C23H25N3O2. The predicted octanol–water partition coefficient (Wildman–Crippen LogP) is 3.63. The molecule has 4 rings (SSSR count). The van der Waals surface area contributed by atoms with Gasteiger partial charge in [0, 0.05) is 24.7 Å². The Labute approximate surface area is 164 Å². The lowest BCUT2D eigenvalue weighted by molar-refractivity contribution is 0.0681. The number of hydrogen-bond donors (Lipinski definition) is 0. The van der Waals surface area contributed by atoms with E-state index in [0.717, 1.165) is 23.8 Å². The molecule has 1 aliphatic rings. The number of likely N-dealkylation sites (tertiary alicyclic amines) is 1. The maximum atomic E-state index is 13.3. The smallest absolute Gasteiger partial charge is 0.265 e. The third kappa shape index (κ3) is 3.57. The van der Waals surface area contributed by atoms with Crippen molar-refractivity contribution in [2.45, 2.75) is 33.2 Å². The van der Waals surface area contributed by atoms with Crippen LogP contribution < -0.4 is 5.56 Å². The molecule has 3 heterocycles. The summed E-state index contributed by atoms with van der Waals surface area (Å²) in [5.41, 5.74) is 2.76. The van der Waals surface area contributed by atoms with Crippen molar-refractivity contribution in [2.24, 2.45) is 5.92 Å². The zero-order valence-corrected chi connectivity index (χ0v) is 16.4. The largest absolute Gasteiger partial charge is 0.338 e. The van der Waals surface area contributed by atoms with E-state index in [2.05, 4.69) is 11.9 Å². The molecule has 0 saturated carbocycles. The van der Waals surface area contributed by atoms with Gasteiger partial charge >= 0.3 is 0 Å².